The number of hydrogen-bond donors (Lipinski definition) is 1. The third-order valence-corrected chi connectivity index (χ3v) is 2.72. The Labute approximate surface area is 109 Å². The van der Waals surface area contributed by atoms with E-state index < -0.39 is 23.5 Å². The number of nitrogens with zero attached hydrogens (tertiary/aromatic N) is 2. The van der Waals surface area contributed by atoms with E-state index in [2.05, 4.69) is 4.98 Å². The summed E-state index contributed by atoms with van der Waals surface area (Å²) in [6, 6.07) is 3.91. The Balaban J connectivity index is 2.32. The van der Waals surface area contributed by atoms with Gasteiger partial charge in [0.15, 0.2) is 6.10 Å². The van der Waals surface area contributed by atoms with Crippen LogP contribution in [-0.2, 0) is 7.05 Å². The summed E-state index contributed by atoms with van der Waals surface area (Å²) >= 11 is 0. The molecule has 0 saturated heterocycles. The number of rotatable bonds is 4. The first-order chi connectivity index (χ1) is 9.00. The highest BCUT2D eigenvalue weighted by atomic mass is 19.1. The van der Waals surface area contributed by atoms with Crippen molar-refractivity contribution in [1.29, 1.82) is 0 Å². The van der Waals surface area contributed by atoms with Crippen LogP contribution in [0.1, 0.15) is 29.2 Å². The quantitative estimate of drug-likeness (QED) is 0.920. The van der Waals surface area contributed by atoms with Crippen LogP contribution in [0.2, 0.25) is 0 Å². The molecule has 19 heavy (non-hydrogen) atoms. The minimum Gasteiger partial charge on any atom is -0.482 e. The number of aryl methyl sites for hydroxylation is 1. The molecule has 6 heteroatoms. The molecule has 0 bridgehead atoms. The Hall–Kier alpha value is -2.37. The first-order valence-corrected chi connectivity index (χ1v) is 5.66. The molecular formula is C13H13FN2O3. The summed E-state index contributed by atoms with van der Waals surface area (Å²) in [6.07, 6.45) is 2.87. The van der Waals surface area contributed by atoms with E-state index in [9.17, 15) is 9.18 Å². The lowest BCUT2D eigenvalue weighted by Crippen LogP contribution is -2.12. The van der Waals surface area contributed by atoms with Gasteiger partial charge in [0.1, 0.15) is 23.0 Å². The van der Waals surface area contributed by atoms with Gasteiger partial charge < -0.3 is 14.4 Å². The number of ether oxygens (including phenoxy) is 1. The van der Waals surface area contributed by atoms with Crippen LogP contribution in [0.5, 0.6) is 5.75 Å². The first kappa shape index (κ1) is 13.1. The molecule has 1 heterocycles. The van der Waals surface area contributed by atoms with E-state index in [4.69, 9.17) is 9.84 Å². The largest absolute Gasteiger partial charge is 0.482 e. The van der Waals surface area contributed by atoms with Gasteiger partial charge in [-0.25, -0.2) is 14.2 Å². The number of halogens is 1. The fraction of sp³-hybridized carbons (Fsp3) is 0.231. The number of hydrogen-bond acceptors (Lipinski definition) is 3. The third kappa shape index (κ3) is 2.57. The topological polar surface area (TPSA) is 64.3 Å². The number of imidazole rings is 1. The fourth-order valence-electron chi connectivity index (χ4n) is 1.82. The number of carboxylic acids is 1. The second kappa shape index (κ2) is 5.09. The molecule has 0 radical (unpaired) electrons. The molecule has 5 nitrogen and oxygen atoms in total. The molecule has 1 N–H and O–H groups in total. The van der Waals surface area contributed by atoms with Crippen molar-refractivity contribution in [2.45, 2.75) is 13.0 Å². The first-order valence-electron chi connectivity index (χ1n) is 5.66. The summed E-state index contributed by atoms with van der Waals surface area (Å²) in [7, 11) is 1.80. The van der Waals surface area contributed by atoms with Crippen LogP contribution in [0.25, 0.3) is 0 Å². The fourth-order valence-corrected chi connectivity index (χ4v) is 1.82. The van der Waals surface area contributed by atoms with Gasteiger partial charge in [-0.2, -0.15) is 0 Å². The highest BCUT2D eigenvalue weighted by molar-refractivity contribution is 5.91. The zero-order valence-corrected chi connectivity index (χ0v) is 10.5. The lowest BCUT2D eigenvalue weighted by atomic mass is 10.2. The third-order valence-electron chi connectivity index (χ3n) is 2.72. The molecule has 0 aliphatic rings. The van der Waals surface area contributed by atoms with Gasteiger partial charge in [0.2, 0.25) is 0 Å². The van der Waals surface area contributed by atoms with E-state index in [1.165, 1.54) is 12.1 Å². The van der Waals surface area contributed by atoms with E-state index in [0.717, 1.165) is 6.07 Å². The van der Waals surface area contributed by atoms with Crippen molar-refractivity contribution in [2.24, 2.45) is 7.05 Å². The zero-order valence-electron chi connectivity index (χ0n) is 10.5. The normalized spacial score (nSPS) is 12.2. The van der Waals surface area contributed by atoms with Crippen LogP contribution in [0.4, 0.5) is 4.39 Å². The summed E-state index contributed by atoms with van der Waals surface area (Å²) in [5.74, 6) is -1.57. The Morgan fingerprint density at radius 3 is 2.84 bits per heavy atom. The Bertz CT molecular complexity index is 610. The SMILES string of the molecule is CC(Oc1cccc(F)c1C(=O)O)c1nccn1C. The smallest absolute Gasteiger partial charge is 0.342 e. The summed E-state index contributed by atoms with van der Waals surface area (Å²) in [6.45, 7) is 1.72. The number of aromatic carboxylic acids is 1. The highest BCUT2D eigenvalue weighted by Crippen LogP contribution is 2.26. The van der Waals surface area contributed by atoms with Crippen molar-refractivity contribution in [3.8, 4) is 5.75 Å². The second-order valence-corrected chi connectivity index (χ2v) is 4.07. The summed E-state index contributed by atoms with van der Waals surface area (Å²) in [4.78, 5) is 15.1. The van der Waals surface area contributed by atoms with E-state index in [1.54, 1.807) is 30.9 Å². The van der Waals surface area contributed by atoms with Crippen LogP contribution in [0.3, 0.4) is 0 Å². The molecule has 2 rings (SSSR count). The molecule has 0 saturated carbocycles. The van der Waals surface area contributed by atoms with Crippen LogP contribution in [-0.4, -0.2) is 20.6 Å². The Kier molecular flexibility index (Phi) is 3.50. The van der Waals surface area contributed by atoms with Gasteiger partial charge in [0.05, 0.1) is 0 Å². The Morgan fingerprint density at radius 1 is 1.53 bits per heavy atom. The van der Waals surface area contributed by atoms with Gasteiger partial charge in [-0.15, -0.1) is 0 Å². The average Bonchev–Trinajstić information content (AvgIpc) is 2.75. The molecule has 0 aliphatic carbocycles. The van der Waals surface area contributed by atoms with E-state index in [1.807, 2.05) is 0 Å². The van der Waals surface area contributed by atoms with Crippen LogP contribution < -0.4 is 4.74 Å². The Morgan fingerprint density at radius 2 is 2.26 bits per heavy atom. The number of carboxylic acid groups (broad SMARTS) is 1. The summed E-state index contributed by atoms with van der Waals surface area (Å²) in [5.41, 5.74) is -0.469. The van der Waals surface area contributed by atoms with Crippen molar-refractivity contribution < 1.29 is 19.0 Å². The van der Waals surface area contributed by atoms with E-state index in [-0.39, 0.29) is 5.75 Å². The molecule has 2 aromatic rings. The lowest BCUT2D eigenvalue weighted by molar-refractivity contribution is 0.0683. The minimum absolute atomic E-state index is 0.0111. The van der Waals surface area contributed by atoms with Gasteiger partial charge in [0, 0.05) is 19.4 Å². The summed E-state index contributed by atoms with van der Waals surface area (Å²) < 4.78 is 20.8. The molecule has 0 spiro atoms. The van der Waals surface area contributed by atoms with Gasteiger partial charge >= 0.3 is 5.97 Å². The number of aromatic nitrogens is 2. The standard InChI is InChI=1S/C13H13FN2O3/c1-8(12-15-6-7-16(12)2)19-10-5-3-4-9(14)11(10)13(17)18/h3-8H,1-2H3,(H,17,18). The molecule has 100 valence electrons. The summed E-state index contributed by atoms with van der Waals surface area (Å²) in [5, 5.41) is 9.00. The monoisotopic (exact) mass is 264 g/mol. The molecule has 0 aliphatic heterocycles. The molecule has 0 fully saturated rings. The zero-order chi connectivity index (χ0) is 14.0. The average molecular weight is 264 g/mol. The second-order valence-electron chi connectivity index (χ2n) is 4.07. The molecule has 0 amide bonds. The molecule has 1 atom stereocenters. The van der Waals surface area contributed by atoms with Gasteiger partial charge in [-0.3, -0.25) is 0 Å². The molecule has 1 unspecified atom stereocenters. The van der Waals surface area contributed by atoms with Crippen LogP contribution in [0.15, 0.2) is 30.6 Å². The predicted octanol–water partition coefficient (Wildman–Crippen LogP) is 2.40. The maximum Gasteiger partial charge on any atom is 0.342 e. The molecule has 1 aromatic carbocycles. The van der Waals surface area contributed by atoms with Crippen LogP contribution in [0, 0.1) is 5.82 Å². The van der Waals surface area contributed by atoms with Crippen molar-refractivity contribution in [1.82, 2.24) is 9.55 Å². The predicted molar refractivity (Wildman–Crippen MR) is 65.6 cm³/mol. The number of carbonyl (C=O) groups is 1. The van der Waals surface area contributed by atoms with E-state index >= 15 is 0 Å². The maximum atomic E-state index is 13.5. The molecular weight excluding hydrogens is 251 g/mol. The number of benzene rings is 1. The van der Waals surface area contributed by atoms with Crippen LogP contribution >= 0.6 is 0 Å². The van der Waals surface area contributed by atoms with Crippen molar-refractivity contribution in [2.75, 3.05) is 0 Å². The highest BCUT2D eigenvalue weighted by Gasteiger charge is 2.20. The maximum absolute atomic E-state index is 13.5. The van der Waals surface area contributed by atoms with E-state index in [0.29, 0.717) is 5.82 Å². The molecule has 1 aromatic heterocycles. The van der Waals surface area contributed by atoms with Crippen molar-refractivity contribution in [3.05, 3.63) is 47.8 Å². The van der Waals surface area contributed by atoms with Gasteiger partial charge in [0.25, 0.3) is 0 Å². The lowest BCUT2D eigenvalue weighted by Gasteiger charge is -2.16. The minimum atomic E-state index is -1.36. The van der Waals surface area contributed by atoms with Crippen molar-refractivity contribution >= 4 is 5.97 Å². The van der Waals surface area contributed by atoms with Gasteiger partial charge in [-0.1, -0.05) is 6.07 Å². The van der Waals surface area contributed by atoms with Gasteiger partial charge in [-0.05, 0) is 19.1 Å². The van der Waals surface area contributed by atoms with Crippen molar-refractivity contribution in [3.63, 3.8) is 0 Å².